The van der Waals surface area contributed by atoms with Crippen molar-refractivity contribution >= 4 is 34.8 Å². The van der Waals surface area contributed by atoms with Crippen molar-refractivity contribution in [2.45, 2.75) is 63.3 Å². The number of amides is 3. The molecule has 0 saturated carbocycles. The van der Waals surface area contributed by atoms with Gasteiger partial charge in [0.15, 0.2) is 0 Å². The van der Waals surface area contributed by atoms with E-state index >= 15 is 4.39 Å². The van der Waals surface area contributed by atoms with Gasteiger partial charge in [-0.2, -0.15) is 0 Å². The molecule has 3 amide bonds. The van der Waals surface area contributed by atoms with Crippen LogP contribution in [-0.4, -0.2) is 74.0 Å². The number of aromatic amines is 1. The number of ether oxygens (including phenoxy) is 2. The fourth-order valence-corrected chi connectivity index (χ4v) is 6.45. The molecule has 0 aliphatic carbocycles. The largest absolute Gasteiger partial charge is 0.465 e. The topological polar surface area (TPSA) is 159 Å². The molecule has 1 aliphatic heterocycles. The van der Waals surface area contributed by atoms with E-state index in [1.54, 1.807) is 20.8 Å². The number of halogens is 3. The Labute approximate surface area is 308 Å². The SMILES string of the molecule is CC(C)(C)OC(=O)NC(C(=O)Nc1cncc(F)c1CCC1CN(C(=O)O)C(c2nc3ccccc3[nH]2)CO1)C(c1ccc(F)cc1)c1ccc(F)cc1. The Hall–Kier alpha value is -5.96. The first-order valence-electron chi connectivity index (χ1n) is 17.2. The van der Waals surface area contributed by atoms with E-state index in [2.05, 4.69) is 25.6 Å². The molecule has 15 heteroatoms. The lowest BCUT2D eigenvalue weighted by atomic mass is 9.84. The summed E-state index contributed by atoms with van der Waals surface area (Å²) >= 11 is 0. The van der Waals surface area contributed by atoms with E-state index in [1.165, 1.54) is 59.6 Å². The highest BCUT2D eigenvalue weighted by molar-refractivity contribution is 5.98. The van der Waals surface area contributed by atoms with Gasteiger partial charge < -0.3 is 30.2 Å². The van der Waals surface area contributed by atoms with Gasteiger partial charge in [0.05, 0.1) is 48.4 Å². The molecule has 1 aliphatic rings. The molecule has 5 aromatic rings. The lowest BCUT2D eigenvalue weighted by molar-refractivity contribution is -0.118. The summed E-state index contributed by atoms with van der Waals surface area (Å²) < 4.78 is 55.1. The number of fused-ring (bicyclic) bond motifs is 1. The number of nitrogens with one attached hydrogen (secondary N) is 3. The molecule has 54 heavy (non-hydrogen) atoms. The van der Waals surface area contributed by atoms with Crippen LogP contribution < -0.4 is 10.6 Å². The lowest BCUT2D eigenvalue weighted by Gasteiger charge is -2.37. The summed E-state index contributed by atoms with van der Waals surface area (Å²) in [5.41, 5.74) is 1.40. The van der Waals surface area contributed by atoms with E-state index in [0.29, 0.717) is 22.5 Å². The average molecular weight is 745 g/mol. The number of morpholine rings is 1. The van der Waals surface area contributed by atoms with Gasteiger partial charge >= 0.3 is 12.2 Å². The zero-order chi connectivity index (χ0) is 38.6. The number of carbonyl (C=O) groups excluding carboxylic acids is 2. The number of carboxylic acid groups (broad SMARTS) is 1. The number of nitrogens with zero attached hydrogens (tertiary/aromatic N) is 3. The maximum atomic E-state index is 15.5. The quantitative estimate of drug-likeness (QED) is 0.118. The van der Waals surface area contributed by atoms with Crippen molar-refractivity contribution in [3.05, 3.63) is 125 Å². The van der Waals surface area contributed by atoms with Crippen LogP contribution in [-0.2, 0) is 20.7 Å². The smallest absolute Gasteiger partial charge is 0.408 e. The van der Waals surface area contributed by atoms with Gasteiger partial charge in [-0.25, -0.2) is 27.7 Å². The fourth-order valence-electron chi connectivity index (χ4n) is 6.45. The van der Waals surface area contributed by atoms with E-state index in [9.17, 15) is 28.3 Å². The number of benzene rings is 3. The van der Waals surface area contributed by atoms with Gasteiger partial charge in [-0.1, -0.05) is 36.4 Å². The molecule has 2 aromatic heterocycles. The van der Waals surface area contributed by atoms with Gasteiger partial charge in [0, 0.05) is 11.5 Å². The zero-order valence-corrected chi connectivity index (χ0v) is 29.7. The zero-order valence-electron chi connectivity index (χ0n) is 29.7. The second kappa shape index (κ2) is 16.0. The second-order valence-electron chi connectivity index (χ2n) is 13.9. The van der Waals surface area contributed by atoms with Gasteiger partial charge in [-0.3, -0.25) is 14.7 Å². The summed E-state index contributed by atoms with van der Waals surface area (Å²) in [4.78, 5) is 52.6. The Morgan fingerprint density at radius 3 is 2.24 bits per heavy atom. The number of carbonyl (C=O) groups is 3. The summed E-state index contributed by atoms with van der Waals surface area (Å²) in [6.07, 6.45) is -0.293. The fraction of sp³-hybridized carbons (Fsp3) is 0.308. The van der Waals surface area contributed by atoms with Crippen LogP contribution in [0.1, 0.15) is 61.7 Å². The maximum Gasteiger partial charge on any atom is 0.408 e. The Morgan fingerprint density at radius 1 is 0.981 bits per heavy atom. The Morgan fingerprint density at radius 2 is 1.63 bits per heavy atom. The van der Waals surface area contributed by atoms with Crippen LogP contribution in [0.15, 0.2) is 85.2 Å². The Bertz CT molecular complexity index is 2040. The standard InChI is InChI=1S/C39H39F3N6O6/c1-39(2,3)54-37(50)47-34(33(22-8-12-24(40)13-9-22)23-10-14-25(41)15-11-23)36(49)46-31-19-43-18-28(42)27(31)17-16-26-20-48(38(51)52)32(21-53-26)35-44-29-6-4-5-7-30(29)45-35/h4-15,18-19,26,32-34H,16-17,20-21H2,1-3H3,(H,44,45)(H,46,49)(H,47,50)(H,51,52). The molecule has 3 aromatic carbocycles. The third-order valence-electron chi connectivity index (χ3n) is 8.96. The number of aromatic nitrogens is 3. The van der Waals surface area contributed by atoms with Crippen molar-refractivity contribution < 1.29 is 42.1 Å². The molecule has 282 valence electrons. The molecular formula is C39H39F3N6O6. The van der Waals surface area contributed by atoms with Crippen LogP contribution in [0.4, 0.5) is 28.4 Å². The van der Waals surface area contributed by atoms with Gasteiger partial charge in [0.2, 0.25) is 5.91 Å². The first kappa shape index (κ1) is 37.8. The molecule has 4 N–H and O–H groups in total. The van der Waals surface area contributed by atoms with E-state index in [0.717, 1.165) is 11.7 Å². The summed E-state index contributed by atoms with van der Waals surface area (Å²) in [7, 11) is 0. The minimum Gasteiger partial charge on any atom is -0.465 e. The molecule has 0 radical (unpaired) electrons. The predicted octanol–water partition coefficient (Wildman–Crippen LogP) is 7.09. The minimum absolute atomic E-state index is 0.000923. The number of hydrogen-bond acceptors (Lipinski definition) is 7. The first-order chi connectivity index (χ1) is 25.8. The maximum absolute atomic E-state index is 15.5. The van der Waals surface area contributed by atoms with Crippen molar-refractivity contribution in [1.82, 2.24) is 25.2 Å². The monoisotopic (exact) mass is 744 g/mol. The molecule has 3 heterocycles. The lowest BCUT2D eigenvalue weighted by Crippen LogP contribution is -2.49. The number of alkyl carbamates (subject to hydrolysis) is 1. The van der Waals surface area contributed by atoms with Crippen molar-refractivity contribution in [3.63, 3.8) is 0 Å². The van der Waals surface area contributed by atoms with E-state index in [1.807, 2.05) is 24.3 Å². The van der Waals surface area contributed by atoms with Gasteiger partial charge in [0.1, 0.15) is 41.0 Å². The number of pyridine rings is 1. The number of H-pyrrole nitrogens is 1. The third-order valence-corrected chi connectivity index (χ3v) is 8.96. The number of para-hydroxylation sites is 2. The van der Waals surface area contributed by atoms with E-state index in [-0.39, 0.29) is 37.2 Å². The number of rotatable bonds is 10. The normalized spacial score (nSPS) is 16.6. The third kappa shape index (κ3) is 8.97. The van der Waals surface area contributed by atoms with Crippen LogP contribution >= 0.6 is 0 Å². The van der Waals surface area contributed by atoms with Crippen LogP contribution in [0.25, 0.3) is 11.0 Å². The van der Waals surface area contributed by atoms with Crippen molar-refractivity contribution in [2.24, 2.45) is 0 Å². The average Bonchev–Trinajstić information content (AvgIpc) is 3.56. The molecule has 12 nitrogen and oxygen atoms in total. The molecule has 3 atom stereocenters. The number of imidazole rings is 1. The van der Waals surface area contributed by atoms with Crippen molar-refractivity contribution in [1.29, 1.82) is 0 Å². The molecule has 1 fully saturated rings. The summed E-state index contributed by atoms with van der Waals surface area (Å²) in [5.74, 6) is -3.15. The molecular weight excluding hydrogens is 705 g/mol. The Kier molecular flexibility index (Phi) is 11.2. The second-order valence-corrected chi connectivity index (χ2v) is 13.9. The van der Waals surface area contributed by atoms with E-state index in [4.69, 9.17) is 9.47 Å². The van der Waals surface area contributed by atoms with Gasteiger partial charge in [0.25, 0.3) is 0 Å². The molecule has 6 rings (SSSR count). The Balaban J connectivity index is 1.24. The van der Waals surface area contributed by atoms with Crippen molar-refractivity contribution in [2.75, 3.05) is 18.5 Å². The highest BCUT2D eigenvalue weighted by Crippen LogP contribution is 2.32. The first-order valence-corrected chi connectivity index (χ1v) is 17.2. The van der Waals surface area contributed by atoms with Crippen LogP contribution in [0.3, 0.4) is 0 Å². The molecule has 3 unspecified atom stereocenters. The van der Waals surface area contributed by atoms with Crippen molar-refractivity contribution in [3.8, 4) is 0 Å². The summed E-state index contributed by atoms with van der Waals surface area (Å²) in [6, 6.07) is 15.7. The van der Waals surface area contributed by atoms with E-state index < -0.39 is 65.3 Å². The van der Waals surface area contributed by atoms with Crippen LogP contribution in [0.2, 0.25) is 0 Å². The highest BCUT2D eigenvalue weighted by atomic mass is 19.1. The minimum atomic E-state index is -1.44. The highest BCUT2D eigenvalue weighted by Gasteiger charge is 2.37. The molecule has 1 saturated heterocycles. The summed E-state index contributed by atoms with van der Waals surface area (Å²) in [6.45, 7) is 4.92. The predicted molar refractivity (Wildman–Crippen MR) is 192 cm³/mol. The van der Waals surface area contributed by atoms with Crippen LogP contribution in [0.5, 0.6) is 0 Å². The summed E-state index contributed by atoms with van der Waals surface area (Å²) in [5, 5.41) is 15.4. The van der Waals surface area contributed by atoms with Gasteiger partial charge in [-0.05, 0) is 81.1 Å². The molecule has 0 spiro atoms. The van der Waals surface area contributed by atoms with Gasteiger partial charge in [-0.15, -0.1) is 0 Å². The number of hydrogen-bond donors (Lipinski definition) is 4. The number of anilines is 1. The molecule has 0 bridgehead atoms. The van der Waals surface area contributed by atoms with Crippen LogP contribution in [0, 0.1) is 17.5 Å².